The Morgan fingerprint density at radius 1 is 1.65 bits per heavy atom. The number of aromatic nitrogens is 2. The van der Waals surface area contributed by atoms with Crippen molar-refractivity contribution in [2.75, 3.05) is 0 Å². The Hall–Kier alpha value is -2.16. The molecular weight excluding hydrogens is 220 g/mol. The van der Waals surface area contributed by atoms with Crippen LogP contribution in [0.2, 0.25) is 0 Å². The Morgan fingerprint density at radius 3 is 2.76 bits per heavy atom. The summed E-state index contributed by atoms with van der Waals surface area (Å²) < 4.78 is 1.38. The van der Waals surface area contributed by atoms with Crippen LogP contribution in [0.5, 0.6) is 0 Å². The van der Waals surface area contributed by atoms with Gasteiger partial charge in [-0.3, -0.25) is 9.59 Å². The molecule has 2 rings (SSSR count). The lowest BCUT2D eigenvalue weighted by Crippen LogP contribution is -2.20. The second-order valence-electron chi connectivity index (χ2n) is 4.53. The number of amides is 1. The molecule has 1 aliphatic carbocycles. The molecule has 0 aromatic carbocycles. The number of hydrogen-bond donors (Lipinski definition) is 1. The van der Waals surface area contributed by atoms with Crippen molar-refractivity contribution in [3.8, 4) is 6.07 Å². The van der Waals surface area contributed by atoms with Crippen LogP contribution in [-0.2, 0) is 11.3 Å². The molecule has 1 aromatic rings. The van der Waals surface area contributed by atoms with Gasteiger partial charge in [-0.2, -0.15) is 5.26 Å². The zero-order valence-corrected chi connectivity index (χ0v) is 9.43. The third-order valence-corrected chi connectivity index (χ3v) is 3.16. The molecule has 6 nitrogen and oxygen atoms in total. The number of nitrogens with two attached hydrogens (primary N) is 1. The van der Waals surface area contributed by atoms with E-state index in [1.165, 1.54) is 10.9 Å². The van der Waals surface area contributed by atoms with Gasteiger partial charge in [0.1, 0.15) is 6.07 Å². The fraction of sp³-hybridized carbons (Fsp3) is 0.455. The average Bonchev–Trinajstić information content (AvgIpc) is 2.90. The predicted octanol–water partition coefficient (Wildman–Crippen LogP) is 0.223. The van der Waals surface area contributed by atoms with Crippen molar-refractivity contribution in [3.63, 3.8) is 0 Å². The van der Waals surface area contributed by atoms with E-state index in [-0.39, 0.29) is 29.1 Å². The highest BCUT2D eigenvalue weighted by atomic mass is 16.1. The highest BCUT2D eigenvalue weighted by Crippen LogP contribution is 2.46. The lowest BCUT2D eigenvalue weighted by Gasteiger charge is -2.08. The van der Waals surface area contributed by atoms with Crippen molar-refractivity contribution in [3.05, 3.63) is 17.7 Å². The quantitative estimate of drug-likeness (QED) is 0.802. The standard InChI is InChI=1S/C11H12N4O2/c1-11(2-3-11)8(16)5-15-6-14-9(10(13)17)7(15)4-12/h6H,2-3,5H2,1H3,(H2,13,17). The van der Waals surface area contributed by atoms with E-state index in [0.29, 0.717) is 0 Å². The molecule has 1 aliphatic rings. The van der Waals surface area contributed by atoms with Crippen LogP contribution in [0.15, 0.2) is 6.33 Å². The molecule has 0 spiro atoms. The Bertz CT molecular complexity index is 534. The first-order chi connectivity index (χ1) is 7.98. The van der Waals surface area contributed by atoms with Gasteiger partial charge in [0.05, 0.1) is 12.9 Å². The monoisotopic (exact) mass is 232 g/mol. The second-order valence-corrected chi connectivity index (χ2v) is 4.53. The topological polar surface area (TPSA) is 102 Å². The van der Waals surface area contributed by atoms with Gasteiger partial charge < -0.3 is 10.3 Å². The lowest BCUT2D eigenvalue weighted by molar-refractivity contribution is -0.124. The molecule has 0 unspecified atom stereocenters. The highest BCUT2D eigenvalue weighted by Gasteiger charge is 2.44. The molecule has 0 radical (unpaired) electrons. The fourth-order valence-electron chi connectivity index (χ4n) is 1.61. The molecule has 88 valence electrons. The van der Waals surface area contributed by atoms with Crippen molar-refractivity contribution in [2.45, 2.75) is 26.3 Å². The summed E-state index contributed by atoms with van der Waals surface area (Å²) in [6.07, 6.45) is 3.07. The molecular formula is C11H12N4O2. The van der Waals surface area contributed by atoms with Crippen molar-refractivity contribution < 1.29 is 9.59 Å². The number of nitriles is 1. The van der Waals surface area contributed by atoms with Gasteiger partial charge in [0.2, 0.25) is 0 Å². The molecule has 0 bridgehead atoms. The van der Waals surface area contributed by atoms with Crippen LogP contribution in [0.1, 0.15) is 35.9 Å². The second kappa shape index (κ2) is 3.70. The summed E-state index contributed by atoms with van der Waals surface area (Å²) in [5.41, 5.74) is 4.79. The van der Waals surface area contributed by atoms with E-state index in [0.717, 1.165) is 12.8 Å². The summed E-state index contributed by atoms with van der Waals surface area (Å²) in [6.45, 7) is 1.97. The van der Waals surface area contributed by atoms with Gasteiger partial charge in [-0.15, -0.1) is 0 Å². The van der Waals surface area contributed by atoms with Crippen LogP contribution in [0.3, 0.4) is 0 Å². The maximum absolute atomic E-state index is 11.9. The Balaban J connectivity index is 2.25. The van der Waals surface area contributed by atoms with E-state index >= 15 is 0 Å². The molecule has 0 atom stereocenters. The fourth-order valence-corrected chi connectivity index (χ4v) is 1.61. The summed E-state index contributed by atoms with van der Waals surface area (Å²) in [5, 5.41) is 8.94. The number of carbonyl (C=O) groups is 2. The third-order valence-electron chi connectivity index (χ3n) is 3.16. The maximum Gasteiger partial charge on any atom is 0.270 e. The highest BCUT2D eigenvalue weighted by molar-refractivity contribution is 5.93. The summed E-state index contributed by atoms with van der Waals surface area (Å²) in [6, 6.07) is 1.85. The van der Waals surface area contributed by atoms with Crippen molar-refractivity contribution in [1.82, 2.24) is 9.55 Å². The number of nitrogens with zero attached hydrogens (tertiary/aromatic N) is 3. The minimum Gasteiger partial charge on any atom is -0.364 e. The first-order valence-electron chi connectivity index (χ1n) is 5.26. The van der Waals surface area contributed by atoms with Crippen LogP contribution >= 0.6 is 0 Å². The molecule has 2 N–H and O–H groups in total. The molecule has 1 saturated carbocycles. The summed E-state index contributed by atoms with van der Waals surface area (Å²) in [7, 11) is 0. The molecule has 17 heavy (non-hydrogen) atoms. The van der Waals surface area contributed by atoms with Crippen LogP contribution in [0, 0.1) is 16.7 Å². The van der Waals surface area contributed by atoms with E-state index in [9.17, 15) is 9.59 Å². The molecule has 0 saturated heterocycles. The summed E-state index contributed by atoms with van der Waals surface area (Å²) in [5.74, 6) is -0.701. The number of imidazole rings is 1. The minimum absolute atomic E-state index is 0.0510. The number of hydrogen-bond acceptors (Lipinski definition) is 4. The normalized spacial score (nSPS) is 16.2. The molecule has 1 amide bonds. The van der Waals surface area contributed by atoms with E-state index in [1.54, 1.807) is 0 Å². The smallest absolute Gasteiger partial charge is 0.270 e. The zero-order valence-electron chi connectivity index (χ0n) is 9.43. The molecule has 1 aromatic heterocycles. The van der Waals surface area contributed by atoms with Crippen molar-refractivity contribution in [2.24, 2.45) is 11.1 Å². The Morgan fingerprint density at radius 2 is 2.29 bits per heavy atom. The van der Waals surface area contributed by atoms with Crippen molar-refractivity contribution in [1.29, 1.82) is 5.26 Å². The minimum atomic E-state index is -0.759. The molecule has 1 fully saturated rings. The largest absolute Gasteiger partial charge is 0.364 e. The van der Waals surface area contributed by atoms with Crippen LogP contribution < -0.4 is 5.73 Å². The van der Waals surface area contributed by atoms with E-state index in [4.69, 9.17) is 11.0 Å². The first-order valence-corrected chi connectivity index (χ1v) is 5.26. The Labute approximate surface area is 98.0 Å². The SMILES string of the molecule is CC1(C(=O)Cn2cnc(C(N)=O)c2C#N)CC1. The third kappa shape index (κ3) is 1.91. The van der Waals surface area contributed by atoms with Gasteiger partial charge in [-0.1, -0.05) is 6.92 Å². The number of rotatable bonds is 4. The summed E-state index contributed by atoms with van der Waals surface area (Å²) >= 11 is 0. The van der Waals surface area contributed by atoms with Gasteiger partial charge in [-0.05, 0) is 12.8 Å². The van der Waals surface area contributed by atoms with Gasteiger partial charge in [0, 0.05) is 5.41 Å². The van der Waals surface area contributed by atoms with Crippen LogP contribution in [0.4, 0.5) is 0 Å². The first kappa shape index (κ1) is 11.3. The van der Waals surface area contributed by atoms with E-state index < -0.39 is 5.91 Å². The summed E-state index contributed by atoms with van der Waals surface area (Å²) in [4.78, 5) is 26.6. The van der Waals surface area contributed by atoms with Gasteiger partial charge in [0.25, 0.3) is 5.91 Å². The molecule has 1 heterocycles. The van der Waals surface area contributed by atoms with Crippen LogP contribution in [-0.4, -0.2) is 21.2 Å². The van der Waals surface area contributed by atoms with Gasteiger partial charge in [0.15, 0.2) is 17.2 Å². The van der Waals surface area contributed by atoms with Crippen LogP contribution in [0.25, 0.3) is 0 Å². The zero-order chi connectivity index (χ0) is 12.6. The predicted molar refractivity (Wildman–Crippen MR) is 57.8 cm³/mol. The van der Waals surface area contributed by atoms with Crippen molar-refractivity contribution >= 4 is 11.7 Å². The number of carbonyl (C=O) groups excluding carboxylic acids is 2. The van der Waals surface area contributed by atoms with Gasteiger partial charge >= 0.3 is 0 Å². The van der Waals surface area contributed by atoms with Gasteiger partial charge in [-0.25, -0.2) is 4.98 Å². The van der Waals surface area contributed by atoms with E-state index in [1.807, 2.05) is 13.0 Å². The average molecular weight is 232 g/mol. The lowest BCUT2D eigenvalue weighted by atomic mass is 10.0. The number of Topliss-reactive ketones (excluding diaryl/α,β-unsaturated/α-hetero) is 1. The Kier molecular flexibility index (Phi) is 2.46. The molecule has 0 aliphatic heterocycles. The maximum atomic E-state index is 11.9. The van der Waals surface area contributed by atoms with E-state index in [2.05, 4.69) is 4.98 Å². The number of ketones is 1. The number of primary amides is 1. The molecule has 6 heteroatoms.